The summed E-state index contributed by atoms with van der Waals surface area (Å²) in [5.41, 5.74) is 0.846. The van der Waals surface area contributed by atoms with Crippen molar-refractivity contribution in [2.24, 2.45) is 0 Å². The fourth-order valence-corrected chi connectivity index (χ4v) is 3.50. The molecule has 0 N–H and O–H groups in total. The minimum atomic E-state index is -0.517. The number of para-hydroxylation sites is 1. The van der Waals surface area contributed by atoms with Crippen molar-refractivity contribution in [3.05, 3.63) is 40.1 Å². The van der Waals surface area contributed by atoms with E-state index < -0.39 is 5.97 Å². The van der Waals surface area contributed by atoms with Gasteiger partial charge in [0.05, 0.1) is 17.1 Å². The number of esters is 1. The van der Waals surface area contributed by atoms with Gasteiger partial charge in [-0.05, 0) is 19.1 Å². The smallest absolute Gasteiger partial charge is 0.344 e. The Bertz CT molecular complexity index is 720. The molecule has 1 aromatic carbocycles. The number of hydrogen-bond donors (Lipinski definition) is 0. The molecule has 19 heavy (non-hydrogen) atoms. The Morgan fingerprint density at radius 1 is 1.42 bits per heavy atom. The number of rotatable bonds is 2. The Kier molecular flexibility index (Phi) is 3.06. The van der Waals surface area contributed by atoms with E-state index in [1.54, 1.807) is 13.0 Å². The molecule has 0 fully saturated rings. The summed E-state index contributed by atoms with van der Waals surface area (Å²) in [5, 5.41) is 1.32. The maximum atomic E-state index is 12.5. The average molecular weight is 275 g/mol. The second-order valence-corrected chi connectivity index (χ2v) is 5.33. The number of aromatic nitrogens is 1. The fraction of sp³-hybridized carbons (Fsp3) is 0.286. The lowest BCUT2D eigenvalue weighted by atomic mass is 10.1. The molecule has 0 saturated carbocycles. The van der Waals surface area contributed by atoms with Crippen LogP contribution in [0.5, 0.6) is 0 Å². The Balaban J connectivity index is 2.37. The molecule has 4 nitrogen and oxygen atoms in total. The first-order valence-electron chi connectivity index (χ1n) is 6.19. The Hall–Kier alpha value is -1.75. The van der Waals surface area contributed by atoms with Crippen molar-refractivity contribution in [2.45, 2.75) is 18.5 Å². The van der Waals surface area contributed by atoms with E-state index in [0.29, 0.717) is 5.39 Å². The maximum absolute atomic E-state index is 12.5. The van der Waals surface area contributed by atoms with Crippen LogP contribution in [0.15, 0.2) is 34.1 Å². The zero-order chi connectivity index (χ0) is 13.4. The van der Waals surface area contributed by atoms with Crippen molar-refractivity contribution >= 4 is 28.6 Å². The number of pyridine rings is 1. The highest BCUT2D eigenvalue weighted by Crippen LogP contribution is 2.31. The van der Waals surface area contributed by atoms with Crippen LogP contribution in [0, 0.1) is 0 Å². The molecule has 0 aliphatic carbocycles. The summed E-state index contributed by atoms with van der Waals surface area (Å²) in [6, 6.07) is 7.40. The van der Waals surface area contributed by atoms with Crippen molar-refractivity contribution in [1.82, 2.24) is 4.57 Å². The summed E-state index contributed by atoms with van der Waals surface area (Å²) in [4.78, 5) is 24.5. The summed E-state index contributed by atoms with van der Waals surface area (Å²) in [5.74, 6) is 0.358. The van der Waals surface area contributed by atoms with Crippen molar-refractivity contribution in [3.8, 4) is 0 Å². The van der Waals surface area contributed by atoms with E-state index >= 15 is 0 Å². The fourth-order valence-electron chi connectivity index (χ4n) is 2.37. The zero-order valence-electron chi connectivity index (χ0n) is 10.5. The first-order chi connectivity index (χ1) is 9.24. The van der Waals surface area contributed by atoms with E-state index in [-0.39, 0.29) is 17.6 Å². The summed E-state index contributed by atoms with van der Waals surface area (Å²) in [6.07, 6.45) is 0. The minimum absolute atomic E-state index is 0.183. The lowest BCUT2D eigenvalue weighted by Crippen LogP contribution is -2.22. The standard InChI is InChI=1S/C14H13NO3S/c1-2-18-14(17)11-12(16)9-5-3-4-6-10(9)15-7-8-19-13(11)15/h3-6H,2,7-8H2,1H3. The molecule has 1 aromatic heterocycles. The monoisotopic (exact) mass is 275 g/mol. The molecule has 0 atom stereocenters. The Labute approximate surface area is 114 Å². The second-order valence-electron chi connectivity index (χ2n) is 4.25. The van der Waals surface area contributed by atoms with Gasteiger partial charge >= 0.3 is 5.97 Å². The molecule has 0 radical (unpaired) electrons. The highest BCUT2D eigenvalue weighted by atomic mass is 32.2. The molecule has 0 bridgehead atoms. The van der Waals surface area contributed by atoms with Gasteiger partial charge in [-0.3, -0.25) is 4.79 Å². The topological polar surface area (TPSA) is 48.3 Å². The number of thioether (sulfide) groups is 1. The highest BCUT2D eigenvalue weighted by Gasteiger charge is 2.26. The Morgan fingerprint density at radius 3 is 3.00 bits per heavy atom. The molecule has 0 amide bonds. The van der Waals surface area contributed by atoms with Gasteiger partial charge in [0.1, 0.15) is 5.56 Å². The van der Waals surface area contributed by atoms with Gasteiger partial charge in [0.25, 0.3) is 0 Å². The summed E-state index contributed by atoms with van der Waals surface area (Å²) in [7, 11) is 0. The molecule has 1 aliphatic heterocycles. The molecule has 0 spiro atoms. The van der Waals surface area contributed by atoms with E-state index in [0.717, 1.165) is 22.8 Å². The van der Waals surface area contributed by atoms with Crippen LogP contribution < -0.4 is 5.43 Å². The van der Waals surface area contributed by atoms with Gasteiger partial charge in [-0.25, -0.2) is 4.79 Å². The number of hydrogen-bond acceptors (Lipinski definition) is 4. The normalized spacial score (nSPS) is 13.5. The number of carbonyl (C=O) groups excluding carboxylic acids is 1. The zero-order valence-corrected chi connectivity index (χ0v) is 11.3. The van der Waals surface area contributed by atoms with Gasteiger partial charge < -0.3 is 9.30 Å². The third kappa shape index (κ3) is 1.85. The van der Waals surface area contributed by atoms with Crippen LogP contribution in [-0.4, -0.2) is 22.9 Å². The molecular formula is C14H13NO3S. The molecule has 0 saturated heterocycles. The summed E-state index contributed by atoms with van der Waals surface area (Å²) in [6.45, 7) is 2.83. The molecule has 3 rings (SSSR count). The lowest BCUT2D eigenvalue weighted by molar-refractivity contribution is 0.0519. The third-order valence-corrected chi connectivity index (χ3v) is 4.24. The molecule has 0 unspecified atom stereocenters. The molecule has 5 heteroatoms. The number of benzene rings is 1. The van der Waals surface area contributed by atoms with Gasteiger partial charge in [0.2, 0.25) is 5.43 Å². The van der Waals surface area contributed by atoms with E-state index in [2.05, 4.69) is 0 Å². The molecule has 98 valence electrons. The van der Waals surface area contributed by atoms with Gasteiger partial charge in [0.15, 0.2) is 0 Å². The van der Waals surface area contributed by atoms with Gasteiger partial charge in [0, 0.05) is 17.7 Å². The van der Waals surface area contributed by atoms with E-state index in [1.807, 2.05) is 22.8 Å². The van der Waals surface area contributed by atoms with Crippen LogP contribution >= 0.6 is 11.8 Å². The van der Waals surface area contributed by atoms with Crippen LogP contribution in [0.4, 0.5) is 0 Å². The predicted octanol–water partition coefficient (Wildman–Crippen LogP) is 2.28. The van der Waals surface area contributed by atoms with Crippen LogP contribution in [0.25, 0.3) is 10.9 Å². The highest BCUT2D eigenvalue weighted by molar-refractivity contribution is 7.99. The van der Waals surface area contributed by atoms with E-state index in [9.17, 15) is 9.59 Å². The first kappa shape index (κ1) is 12.3. The molecular weight excluding hydrogens is 262 g/mol. The summed E-state index contributed by atoms with van der Waals surface area (Å²) >= 11 is 1.54. The van der Waals surface area contributed by atoms with Crippen LogP contribution in [0.3, 0.4) is 0 Å². The molecule has 1 aliphatic rings. The largest absolute Gasteiger partial charge is 0.462 e. The van der Waals surface area contributed by atoms with Crippen molar-refractivity contribution in [2.75, 3.05) is 12.4 Å². The number of carbonyl (C=O) groups is 1. The van der Waals surface area contributed by atoms with Gasteiger partial charge in [-0.1, -0.05) is 12.1 Å². The van der Waals surface area contributed by atoms with Crippen molar-refractivity contribution < 1.29 is 9.53 Å². The summed E-state index contributed by atoms with van der Waals surface area (Å²) < 4.78 is 7.05. The molecule has 2 aromatic rings. The van der Waals surface area contributed by atoms with E-state index in [1.165, 1.54) is 11.8 Å². The maximum Gasteiger partial charge on any atom is 0.344 e. The molecule has 2 heterocycles. The number of fused-ring (bicyclic) bond motifs is 3. The third-order valence-electron chi connectivity index (χ3n) is 3.16. The van der Waals surface area contributed by atoms with Gasteiger partial charge in [-0.2, -0.15) is 0 Å². The minimum Gasteiger partial charge on any atom is -0.462 e. The van der Waals surface area contributed by atoms with Crippen LogP contribution in [0.2, 0.25) is 0 Å². The van der Waals surface area contributed by atoms with Gasteiger partial charge in [-0.15, -0.1) is 11.8 Å². The SMILES string of the molecule is CCOC(=O)c1c2n(c3ccccc3c1=O)CCS2. The van der Waals surface area contributed by atoms with E-state index in [4.69, 9.17) is 4.74 Å². The number of aryl methyl sites for hydroxylation is 1. The average Bonchev–Trinajstić information content (AvgIpc) is 2.88. The van der Waals surface area contributed by atoms with Crippen molar-refractivity contribution in [3.63, 3.8) is 0 Å². The first-order valence-corrected chi connectivity index (χ1v) is 7.18. The number of nitrogens with zero attached hydrogens (tertiary/aromatic N) is 1. The predicted molar refractivity (Wildman–Crippen MR) is 74.9 cm³/mol. The van der Waals surface area contributed by atoms with Crippen LogP contribution in [-0.2, 0) is 11.3 Å². The lowest BCUT2D eigenvalue weighted by Gasteiger charge is -2.12. The Morgan fingerprint density at radius 2 is 2.21 bits per heavy atom. The van der Waals surface area contributed by atoms with Crippen molar-refractivity contribution in [1.29, 1.82) is 0 Å². The van der Waals surface area contributed by atoms with Crippen LogP contribution in [0.1, 0.15) is 17.3 Å². The number of ether oxygens (including phenoxy) is 1. The quantitative estimate of drug-likeness (QED) is 0.789. The second kappa shape index (κ2) is 4.74.